The van der Waals surface area contributed by atoms with E-state index in [0.717, 1.165) is 5.56 Å². The number of methoxy groups -OCH3 is 2. The quantitative estimate of drug-likeness (QED) is 0.727. The van der Waals surface area contributed by atoms with Crippen LogP contribution in [0.1, 0.15) is 12.0 Å². The SMILES string of the molecule is COC(=O)CCN(C)Cc1ccc(OC)c(F)c1. The fourth-order valence-corrected chi connectivity index (χ4v) is 1.58. The van der Waals surface area contributed by atoms with E-state index in [1.54, 1.807) is 12.1 Å². The summed E-state index contributed by atoms with van der Waals surface area (Å²) in [5.74, 6) is -0.393. The maximum Gasteiger partial charge on any atom is 0.306 e. The van der Waals surface area contributed by atoms with Gasteiger partial charge in [-0.05, 0) is 24.7 Å². The van der Waals surface area contributed by atoms with Crippen molar-refractivity contribution in [2.75, 3.05) is 27.8 Å². The molecule has 100 valence electrons. The molecule has 5 heteroatoms. The standard InChI is InChI=1S/C13H18FNO3/c1-15(7-6-13(16)18-3)9-10-4-5-12(17-2)11(14)8-10/h4-5,8H,6-7,9H2,1-3H3. The molecule has 4 nitrogen and oxygen atoms in total. The average molecular weight is 255 g/mol. The van der Waals surface area contributed by atoms with Crippen molar-refractivity contribution in [3.05, 3.63) is 29.6 Å². The predicted octanol–water partition coefficient (Wildman–Crippen LogP) is 1.83. The number of halogens is 1. The first-order chi connectivity index (χ1) is 8.56. The Kier molecular flexibility index (Phi) is 5.58. The first-order valence-electron chi connectivity index (χ1n) is 5.64. The number of ether oxygens (including phenoxy) is 2. The van der Waals surface area contributed by atoms with Gasteiger partial charge in [0, 0.05) is 13.1 Å². The molecule has 0 aliphatic heterocycles. The van der Waals surface area contributed by atoms with Crippen molar-refractivity contribution in [2.24, 2.45) is 0 Å². The van der Waals surface area contributed by atoms with Crippen LogP contribution >= 0.6 is 0 Å². The summed E-state index contributed by atoms with van der Waals surface area (Å²) in [6.45, 7) is 1.14. The van der Waals surface area contributed by atoms with Gasteiger partial charge in [0.25, 0.3) is 0 Å². The van der Waals surface area contributed by atoms with E-state index in [0.29, 0.717) is 19.5 Å². The van der Waals surface area contributed by atoms with Crippen LogP contribution in [0.4, 0.5) is 4.39 Å². The molecule has 0 aliphatic carbocycles. The van der Waals surface area contributed by atoms with Crippen molar-refractivity contribution < 1.29 is 18.7 Å². The number of hydrogen-bond donors (Lipinski definition) is 0. The van der Waals surface area contributed by atoms with Crippen molar-refractivity contribution in [1.29, 1.82) is 0 Å². The fraction of sp³-hybridized carbons (Fsp3) is 0.462. The van der Waals surface area contributed by atoms with Crippen molar-refractivity contribution in [3.8, 4) is 5.75 Å². The Morgan fingerprint density at radius 2 is 2.11 bits per heavy atom. The summed E-state index contributed by atoms with van der Waals surface area (Å²) in [7, 11) is 4.66. The second-order valence-corrected chi connectivity index (χ2v) is 4.03. The molecule has 0 aromatic heterocycles. The Balaban J connectivity index is 2.51. The van der Waals surface area contributed by atoms with Crippen molar-refractivity contribution in [1.82, 2.24) is 4.90 Å². The van der Waals surface area contributed by atoms with Crippen LogP contribution in [0.25, 0.3) is 0 Å². The summed E-state index contributed by atoms with van der Waals surface area (Å²) in [6.07, 6.45) is 0.325. The molecule has 0 saturated carbocycles. The number of rotatable bonds is 6. The predicted molar refractivity (Wildman–Crippen MR) is 65.9 cm³/mol. The molecule has 0 radical (unpaired) electrons. The molecular weight excluding hydrogens is 237 g/mol. The average Bonchev–Trinajstić information content (AvgIpc) is 2.36. The summed E-state index contributed by atoms with van der Waals surface area (Å²) in [4.78, 5) is 12.9. The molecule has 0 heterocycles. The molecule has 1 aromatic rings. The van der Waals surface area contributed by atoms with Gasteiger partial charge in [-0.3, -0.25) is 4.79 Å². The highest BCUT2D eigenvalue weighted by Crippen LogP contribution is 2.18. The van der Waals surface area contributed by atoms with E-state index < -0.39 is 0 Å². The first kappa shape index (κ1) is 14.4. The van der Waals surface area contributed by atoms with Crippen LogP contribution in [0, 0.1) is 5.82 Å². The van der Waals surface area contributed by atoms with Gasteiger partial charge in [0.2, 0.25) is 0 Å². The maximum atomic E-state index is 13.5. The Bertz CT molecular complexity index is 409. The number of esters is 1. The van der Waals surface area contributed by atoms with E-state index in [2.05, 4.69) is 4.74 Å². The molecule has 0 bridgehead atoms. The van der Waals surface area contributed by atoms with Gasteiger partial charge in [0.05, 0.1) is 20.6 Å². The molecule has 1 aromatic carbocycles. The van der Waals surface area contributed by atoms with Crippen LogP contribution in [0.15, 0.2) is 18.2 Å². The van der Waals surface area contributed by atoms with E-state index >= 15 is 0 Å². The lowest BCUT2D eigenvalue weighted by atomic mass is 10.2. The van der Waals surface area contributed by atoms with Crippen LogP contribution in [0.3, 0.4) is 0 Å². The van der Waals surface area contributed by atoms with Crippen molar-refractivity contribution in [3.63, 3.8) is 0 Å². The second-order valence-electron chi connectivity index (χ2n) is 4.03. The summed E-state index contributed by atoms with van der Waals surface area (Å²) >= 11 is 0. The van der Waals surface area contributed by atoms with Crippen LogP contribution in [0.5, 0.6) is 5.75 Å². The zero-order valence-electron chi connectivity index (χ0n) is 10.9. The minimum absolute atomic E-state index is 0.232. The van der Waals surface area contributed by atoms with E-state index in [1.165, 1.54) is 20.3 Å². The fourth-order valence-electron chi connectivity index (χ4n) is 1.58. The summed E-state index contributed by atoms with van der Waals surface area (Å²) < 4.78 is 22.9. The smallest absolute Gasteiger partial charge is 0.306 e. The lowest BCUT2D eigenvalue weighted by Gasteiger charge is -2.16. The molecule has 0 spiro atoms. The highest BCUT2D eigenvalue weighted by atomic mass is 19.1. The molecule has 0 amide bonds. The lowest BCUT2D eigenvalue weighted by Crippen LogP contribution is -2.21. The Labute approximate surface area is 106 Å². The molecule has 0 fully saturated rings. The highest BCUT2D eigenvalue weighted by molar-refractivity contribution is 5.69. The lowest BCUT2D eigenvalue weighted by molar-refractivity contribution is -0.140. The van der Waals surface area contributed by atoms with Gasteiger partial charge in [0.15, 0.2) is 11.6 Å². The topological polar surface area (TPSA) is 38.8 Å². The summed E-state index contributed by atoms with van der Waals surface area (Å²) in [5, 5.41) is 0. The maximum absolute atomic E-state index is 13.5. The van der Waals surface area contributed by atoms with E-state index in [4.69, 9.17) is 4.74 Å². The van der Waals surface area contributed by atoms with Crippen LogP contribution in [-0.2, 0) is 16.1 Å². The van der Waals surface area contributed by atoms with E-state index in [-0.39, 0.29) is 17.5 Å². The van der Waals surface area contributed by atoms with Gasteiger partial charge in [0.1, 0.15) is 0 Å². The molecule has 0 aliphatic rings. The van der Waals surface area contributed by atoms with E-state index in [1.807, 2.05) is 11.9 Å². The zero-order chi connectivity index (χ0) is 13.5. The number of hydrogen-bond acceptors (Lipinski definition) is 4. The monoisotopic (exact) mass is 255 g/mol. The Morgan fingerprint density at radius 1 is 1.39 bits per heavy atom. The Hall–Kier alpha value is -1.62. The minimum atomic E-state index is -0.378. The second kappa shape index (κ2) is 6.96. The number of benzene rings is 1. The molecule has 0 unspecified atom stereocenters. The van der Waals surface area contributed by atoms with Crippen LogP contribution in [-0.4, -0.2) is 38.7 Å². The molecule has 0 N–H and O–H groups in total. The van der Waals surface area contributed by atoms with Gasteiger partial charge >= 0.3 is 5.97 Å². The van der Waals surface area contributed by atoms with Gasteiger partial charge in [-0.1, -0.05) is 6.07 Å². The van der Waals surface area contributed by atoms with Crippen LogP contribution in [0.2, 0.25) is 0 Å². The number of carbonyl (C=O) groups excluding carboxylic acids is 1. The van der Waals surface area contributed by atoms with Crippen molar-refractivity contribution in [2.45, 2.75) is 13.0 Å². The van der Waals surface area contributed by atoms with Crippen molar-refractivity contribution >= 4 is 5.97 Å². The molecule has 18 heavy (non-hydrogen) atoms. The van der Waals surface area contributed by atoms with Crippen LogP contribution < -0.4 is 4.74 Å². The normalized spacial score (nSPS) is 10.5. The van der Waals surface area contributed by atoms with Gasteiger partial charge < -0.3 is 14.4 Å². The minimum Gasteiger partial charge on any atom is -0.494 e. The molecule has 1 rings (SSSR count). The third-order valence-electron chi connectivity index (χ3n) is 2.59. The Morgan fingerprint density at radius 3 is 2.67 bits per heavy atom. The highest BCUT2D eigenvalue weighted by Gasteiger charge is 2.07. The van der Waals surface area contributed by atoms with E-state index in [9.17, 15) is 9.18 Å². The summed E-state index contributed by atoms with van der Waals surface area (Å²) in [6, 6.07) is 4.84. The van der Waals surface area contributed by atoms with Gasteiger partial charge in [-0.15, -0.1) is 0 Å². The molecule has 0 saturated heterocycles. The third-order valence-corrected chi connectivity index (χ3v) is 2.59. The molecular formula is C13H18FNO3. The zero-order valence-corrected chi connectivity index (χ0v) is 10.9. The third kappa shape index (κ3) is 4.33. The van der Waals surface area contributed by atoms with Gasteiger partial charge in [-0.25, -0.2) is 4.39 Å². The largest absolute Gasteiger partial charge is 0.494 e. The first-order valence-corrected chi connectivity index (χ1v) is 5.64. The van der Waals surface area contributed by atoms with Gasteiger partial charge in [-0.2, -0.15) is 0 Å². The number of carbonyl (C=O) groups is 1. The summed E-state index contributed by atoms with van der Waals surface area (Å²) in [5.41, 5.74) is 0.834. The molecule has 0 atom stereocenters. The number of nitrogens with zero attached hydrogens (tertiary/aromatic N) is 1.